The van der Waals surface area contributed by atoms with Crippen LogP contribution in [-0.2, 0) is 16.0 Å². The Bertz CT molecular complexity index is 486. The van der Waals surface area contributed by atoms with Gasteiger partial charge >= 0.3 is 5.97 Å². The molecule has 5 heteroatoms. The first-order valence-electron chi connectivity index (χ1n) is 6.78. The first-order chi connectivity index (χ1) is 9.54. The number of carboxylic acid groups (broad SMARTS) is 1. The number of aliphatic carboxylic acids is 1. The van der Waals surface area contributed by atoms with Gasteiger partial charge in [-0.1, -0.05) is 28.1 Å². The molecule has 0 radical (unpaired) electrons. The minimum absolute atomic E-state index is 0.130. The maximum absolute atomic E-state index is 12.2. The van der Waals surface area contributed by atoms with Crippen LogP contribution >= 0.6 is 15.9 Å². The van der Waals surface area contributed by atoms with Gasteiger partial charge in [0, 0.05) is 24.0 Å². The molecule has 1 aliphatic rings. The zero-order valence-corrected chi connectivity index (χ0v) is 12.8. The number of benzene rings is 1. The van der Waals surface area contributed by atoms with Gasteiger partial charge in [0.25, 0.3) is 0 Å². The third kappa shape index (κ3) is 4.34. The number of likely N-dealkylation sites (tertiary alicyclic amines) is 1. The van der Waals surface area contributed by atoms with Gasteiger partial charge in [-0.15, -0.1) is 0 Å². The van der Waals surface area contributed by atoms with Crippen molar-refractivity contribution >= 4 is 27.8 Å². The number of rotatable bonds is 5. The van der Waals surface area contributed by atoms with Crippen LogP contribution in [-0.4, -0.2) is 35.0 Å². The lowest BCUT2D eigenvalue weighted by atomic mass is 10.0. The molecular formula is C15H18BrNO3. The normalized spacial score (nSPS) is 18.2. The van der Waals surface area contributed by atoms with Crippen LogP contribution in [0.1, 0.15) is 24.8 Å². The molecule has 1 aromatic carbocycles. The SMILES string of the molecule is O=C(O)CCC1CCN(C(=O)Cc2ccc(Br)cc2)C1. The van der Waals surface area contributed by atoms with Crippen LogP contribution in [0.4, 0.5) is 0 Å². The van der Waals surface area contributed by atoms with Crippen LogP contribution in [0.3, 0.4) is 0 Å². The van der Waals surface area contributed by atoms with Gasteiger partial charge in [-0.25, -0.2) is 0 Å². The van der Waals surface area contributed by atoms with Crippen molar-refractivity contribution in [3.8, 4) is 0 Å². The lowest BCUT2D eigenvalue weighted by Gasteiger charge is -2.16. The van der Waals surface area contributed by atoms with Crippen LogP contribution in [0.15, 0.2) is 28.7 Å². The number of amides is 1. The zero-order chi connectivity index (χ0) is 14.5. The summed E-state index contributed by atoms with van der Waals surface area (Å²) in [6.07, 6.45) is 2.19. The predicted molar refractivity (Wildman–Crippen MR) is 79.4 cm³/mol. The van der Waals surface area contributed by atoms with E-state index in [4.69, 9.17) is 5.11 Å². The van der Waals surface area contributed by atoms with Crippen molar-refractivity contribution in [1.29, 1.82) is 0 Å². The highest BCUT2D eigenvalue weighted by Gasteiger charge is 2.26. The smallest absolute Gasteiger partial charge is 0.303 e. The van der Waals surface area contributed by atoms with E-state index < -0.39 is 5.97 Å². The molecule has 0 aromatic heterocycles. The number of hydrogen-bond donors (Lipinski definition) is 1. The summed E-state index contributed by atoms with van der Waals surface area (Å²) in [5.41, 5.74) is 1.01. The second-order valence-electron chi connectivity index (χ2n) is 5.23. The van der Waals surface area contributed by atoms with E-state index in [9.17, 15) is 9.59 Å². The van der Waals surface area contributed by atoms with Gasteiger partial charge in [-0.3, -0.25) is 9.59 Å². The summed E-state index contributed by atoms with van der Waals surface area (Å²) >= 11 is 3.37. The van der Waals surface area contributed by atoms with Crippen molar-refractivity contribution in [1.82, 2.24) is 4.90 Å². The van der Waals surface area contributed by atoms with Gasteiger partial charge in [0.1, 0.15) is 0 Å². The largest absolute Gasteiger partial charge is 0.481 e. The number of halogens is 1. The molecule has 1 amide bonds. The Morgan fingerprint density at radius 3 is 2.65 bits per heavy atom. The third-order valence-electron chi connectivity index (χ3n) is 3.67. The summed E-state index contributed by atoms with van der Waals surface area (Å²) in [6, 6.07) is 7.75. The van der Waals surface area contributed by atoms with Crippen LogP contribution < -0.4 is 0 Å². The van der Waals surface area contributed by atoms with Gasteiger partial charge in [-0.05, 0) is 36.5 Å². The molecule has 108 valence electrons. The highest BCUT2D eigenvalue weighted by Crippen LogP contribution is 2.22. The predicted octanol–water partition coefficient (Wildman–Crippen LogP) is 2.70. The quantitative estimate of drug-likeness (QED) is 0.897. The van der Waals surface area contributed by atoms with Crippen LogP contribution in [0, 0.1) is 5.92 Å². The molecule has 1 atom stereocenters. The number of nitrogens with zero attached hydrogens (tertiary/aromatic N) is 1. The van der Waals surface area contributed by atoms with Gasteiger partial charge in [-0.2, -0.15) is 0 Å². The summed E-state index contributed by atoms with van der Waals surface area (Å²) in [5, 5.41) is 8.68. The van der Waals surface area contributed by atoms with E-state index in [1.165, 1.54) is 0 Å². The van der Waals surface area contributed by atoms with Crippen molar-refractivity contribution in [2.75, 3.05) is 13.1 Å². The fourth-order valence-corrected chi connectivity index (χ4v) is 2.78. The van der Waals surface area contributed by atoms with E-state index in [1.54, 1.807) is 0 Å². The van der Waals surface area contributed by atoms with Crippen LogP contribution in [0.2, 0.25) is 0 Å². The Kier molecular flexibility index (Phi) is 5.17. The lowest BCUT2D eigenvalue weighted by Crippen LogP contribution is -2.30. The summed E-state index contributed by atoms with van der Waals surface area (Å²) < 4.78 is 1.00. The summed E-state index contributed by atoms with van der Waals surface area (Å²) in [6.45, 7) is 1.45. The molecule has 20 heavy (non-hydrogen) atoms. The van der Waals surface area contributed by atoms with E-state index in [1.807, 2.05) is 29.2 Å². The number of carbonyl (C=O) groups is 2. The third-order valence-corrected chi connectivity index (χ3v) is 4.20. The first kappa shape index (κ1) is 15.0. The first-order valence-corrected chi connectivity index (χ1v) is 7.58. The Morgan fingerprint density at radius 1 is 1.30 bits per heavy atom. The molecule has 1 saturated heterocycles. The average molecular weight is 340 g/mol. The molecule has 0 aliphatic carbocycles. The van der Waals surface area contributed by atoms with E-state index in [2.05, 4.69) is 15.9 Å². The molecule has 1 aliphatic heterocycles. The maximum Gasteiger partial charge on any atom is 0.303 e. The number of carboxylic acids is 1. The summed E-state index contributed by atoms with van der Waals surface area (Å²) in [7, 11) is 0. The zero-order valence-electron chi connectivity index (χ0n) is 11.2. The molecule has 1 fully saturated rings. The maximum atomic E-state index is 12.2. The molecule has 1 aromatic rings. The highest BCUT2D eigenvalue weighted by molar-refractivity contribution is 9.10. The Labute approximate surface area is 126 Å². The molecule has 0 spiro atoms. The molecule has 1 unspecified atom stereocenters. The van der Waals surface area contributed by atoms with Gasteiger partial charge in [0.05, 0.1) is 6.42 Å². The topological polar surface area (TPSA) is 57.6 Å². The van der Waals surface area contributed by atoms with Crippen molar-refractivity contribution in [3.05, 3.63) is 34.3 Å². The second kappa shape index (κ2) is 6.88. The number of carbonyl (C=O) groups excluding carboxylic acids is 1. The molecule has 0 saturated carbocycles. The minimum Gasteiger partial charge on any atom is -0.481 e. The Balaban J connectivity index is 1.82. The van der Waals surface area contributed by atoms with Gasteiger partial charge < -0.3 is 10.0 Å². The summed E-state index contributed by atoms with van der Waals surface area (Å²) in [5.74, 6) is -0.297. The van der Waals surface area contributed by atoms with Gasteiger partial charge in [0.15, 0.2) is 0 Å². The van der Waals surface area contributed by atoms with Crippen molar-refractivity contribution in [3.63, 3.8) is 0 Å². The van der Waals surface area contributed by atoms with E-state index in [0.29, 0.717) is 25.3 Å². The molecule has 4 nitrogen and oxygen atoms in total. The Morgan fingerprint density at radius 2 is 2.00 bits per heavy atom. The monoisotopic (exact) mass is 339 g/mol. The fourth-order valence-electron chi connectivity index (χ4n) is 2.51. The van der Waals surface area contributed by atoms with Crippen LogP contribution in [0.25, 0.3) is 0 Å². The highest BCUT2D eigenvalue weighted by atomic mass is 79.9. The molecule has 2 rings (SSSR count). The minimum atomic E-state index is -0.760. The fraction of sp³-hybridized carbons (Fsp3) is 0.467. The molecular weight excluding hydrogens is 322 g/mol. The lowest BCUT2D eigenvalue weighted by molar-refractivity contribution is -0.137. The average Bonchev–Trinajstić information content (AvgIpc) is 2.88. The summed E-state index contributed by atoms with van der Waals surface area (Å²) in [4.78, 5) is 24.6. The number of hydrogen-bond acceptors (Lipinski definition) is 2. The van der Waals surface area contributed by atoms with Gasteiger partial charge in [0.2, 0.25) is 5.91 Å². The van der Waals surface area contributed by atoms with E-state index in [0.717, 1.165) is 23.0 Å². The van der Waals surface area contributed by atoms with Crippen molar-refractivity contribution in [2.24, 2.45) is 5.92 Å². The molecule has 0 bridgehead atoms. The van der Waals surface area contributed by atoms with E-state index in [-0.39, 0.29) is 12.3 Å². The van der Waals surface area contributed by atoms with Crippen molar-refractivity contribution in [2.45, 2.75) is 25.7 Å². The van der Waals surface area contributed by atoms with E-state index >= 15 is 0 Å². The second-order valence-corrected chi connectivity index (χ2v) is 6.15. The van der Waals surface area contributed by atoms with Crippen LogP contribution in [0.5, 0.6) is 0 Å². The Hall–Kier alpha value is -1.36. The van der Waals surface area contributed by atoms with Crippen molar-refractivity contribution < 1.29 is 14.7 Å². The molecule has 1 N–H and O–H groups in total. The molecule has 1 heterocycles. The standard InChI is InChI=1S/C15H18BrNO3/c16-13-4-1-11(2-5-13)9-14(18)17-8-7-12(10-17)3-6-15(19)20/h1-2,4-5,12H,3,6-10H2,(H,19,20).